The summed E-state index contributed by atoms with van der Waals surface area (Å²) in [6.07, 6.45) is 1.85. The van der Waals surface area contributed by atoms with E-state index in [1.54, 1.807) is 23.1 Å². The number of benzene rings is 2. The van der Waals surface area contributed by atoms with E-state index < -0.39 is 6.04 Å². The van der Waals surface area contributed by atoms with Gasteiger partial charge in [-0.3, -0.25) is 9.59 Å². The van der Waals surface area contributed by atoms with E-state index in [0.29, 0.717) is 40.6 Å². The summed E-state index contributed by atoms with van der Waals surface area (Å²) in [7, 11) is 0. The summed E-state index contributed by atoms with van der Waals surface area (Å²) in [4.78, 5) is 28.7. The molecular weight excluding hydrogens is 414 g/mol. The molecule has 6 heteroatoms. The van der Waals surface area contributed by atoms with Gasteiger partial charge in [0.05, 0.1) is 23.1 Å². The number of ether oxygens (including phenoxy) is 1. The molecule has 5 nitrogen and oxygen atoms in total. The van der Waals surface area contributed by atoms with Crippen LogP contribution in [0, 0.1) is 0 Å². The van der Waals surface area contributed by atoms with E-state index in [0.717, 1.165) is 18.4 Å². The fourth-order valence-electron chi connectivity index (χ4n) is 4.60. The first-order valence-corrected chi connectivity index (χ1v) is 11.1. The lowest BCUT2D eigenvalue weighted by molar-refractivity contribution is 0.0486. The third-order valence-electron chi connectivity index (χ3n) is 6.27. The topological polar surface area (TPSA) is 59.8 Å². The van der Waals surface area contributed by atoms with Crippen LogP contribution in [-0.2, 0) is 4.74 Å². The van der Waals surface area contributed by atoms with Crippen LogP contribution < -0.4 is 5.43 Å². The lowest BCUT2D eigenvalue weighted by Gasteiger charge is -2.27. The number of hydrogen-bond donors (Lipinski definition) is 0. The molecule has 1 amide bonds. The van der Waals surface area contributed by atoms with E-state index in [1.165, 1.54) is 5.56 Å². The molecule has 0 radical (unpaired) electrons. The first kappa shape index (κ1) is 20.3. The molecule has 5 rings (SSSR count). The molecule has 1 saturated heterocycles. The first-order valence-electron chi connectivity index (χ1n) is 10.7. The molecule has 2 atom stereocenters. The number of fused-ring (bicyclic) bond motifs is 2. The largest absolute Gasteiger partial charge is 0.450 e. The Morgan fingerprint density at radius 3 is 2.58 bits per heavy atom. The summed E-state index contributed by atoms with van der Waals surface area (Å²) in [5.74, 6) is 0.249. The van der Waals surface area contributed by atoms with Gasteiger partial charge in [-0.1, -0.05) is 49.7 Å². The van der Waals surface area contributed by atoms with Gasteiger partial charge in [0.25, 0.3) is 5.91 Å². The van der Waals surface area contributed by atoms with E-state index in [2.05, 4.69) is 26.0 Å². The number of nitrogens with zero attached hydrogens (tertiary/aromatic N) is 1. The van der Waals surface area contributed by atoms with Crippen LogP contribution in [0.4, 0.5) is 0 Å². The van der Waals surface area contributed by atoms with Gasteiger partial charge in [0, 0.05) is 18.2 Å². The Morgan fingerprint density at radius 1 is 1.13 bits per heavy atom. The Bertz CT molecular complexity index is 1210. The monoisotopic (exact) mass is 437 g/mol. The van der Waals surface area contributed by atoms with Gasteiger partial charge in [0.2, 0.25) is 5.76 Å². The van der Waals surface area contributed by atoms with Gasteiger partial charge in [-0.15, -0.1) is 0 Å². The molecule has 160 valence electrons. The Balaban J connectivity index is 1.68. The third-order valence-corrected chi connectivity index (χ3v) is 6.51. The molecule has 2 aliphatic heterocycles. The number of carbonyl (C=O) groups excluding carboxylic acids is 1. The molecule has 0 N–H and O–H groups in total. The Morgan fingerprint density at radius 2 is 1.90 bits per heavy atom. The van der Waals surface area contributed by atoms with Crippen LogP contribution in [0.15, 0.2) is 51.7 Å². The van der Waals surface area contributed by atoms with Crippen molar-refractivity contribution < 1.29 is 13.9 Å². The van der Waals surface area contributed by atoms with E-state index >= 15 is 0 Å². The highest BCUT2D eigenvalue weighted by Gasteiger charge is 2.43. The predicted molar refractivity (Wildman–Crippen MR) is 120 cm³/mol. The molecule has 0 spiro atoms. The Hall–Kier alpha value is -2.63. The highest BCUT2D eigenvalue weighted by molar-refractivity contribution is 6.31. The molecule has 2 aliphatic rings. The van der Waals surface area contributed by atoms with Crippen LogP contribution in [0.3, 0.4) is 0 Å². The number of carbonyl (C=O) groups is 1. The average Bonchev–Trinajstić information content (AvgIpc) is 3.36. The summed E-state index contributed by atoms with van der Waals surface area (Å²) < 4.78 is 11.8. The van der Waals surface area contributed by atoms with Crippen molar-refractivity contribution in [2.24, 2.45) is 0 Å². The minimum Gasteiger partial charge on any atom is -0.450 e. The summed E-state index contributed by atoms with van der Waals surface area (Å²) in [6, 6.07) is 12.5. The highest BCUT2D eigenvalue weighted by atomic mass is 35.5. The van der Waals surface area contributed by atoms with Crippen LogP contribution >= 0.6 is 11.6 Å². The summed E-state index contributed by atoms with van der Waals surface area (Å²) in [6.45, 7) is 5.40. The van der Waals surface area contributed by atoms with Gasteiger partial charge < -0.3 is 14.1 Å². The second-order valence-electron chi connectivity index (χ2n) is 8.63. The molecule has 1 fully saturated rings. The van der Waals surface area contributed by atoms with Gasteiger partial charge in [-0.25, -0.2) is 0 Å². The lowest BCUT2D eigenvalue weighted by Crippen LogP contribution is -2.36. The van der Waals surface area contributed by atoms with E-state index in [-0.39, 0.29) is 23.2 Å². The van der Waals surface area contributed by atoms with Crippen molar-refractivity contribution in [1.29, 1.82) is 0 Å². The lowest BCUT2D eigenvalue weighted by atomic mass is 9.95. The van der Waals surface area contributed by atoms with Crippen LogP contribution in [0.25, 0.3) is 11.0 Å². The van der Waals surface area contributed by atoms with Gasteiger partial charge in [0.1, 0.15) is 5.58 Å². The second-order valence-corrected chi connectivity index (χ2v) is 9.07. The zero-order valence-electron chi connectivity index (χ0n) is 17.6. The minimum absolute atomic E-state index is 0.0327. The zero-order chi connectivity index (χ0) is 21.7. The number of amides is 1. The highest BCUT2D eigenvalue weighted by Crippen LogP contribution is 2.39. The van der Waals surface area contributed by atoms with Crippen molar-refractivity contribution in [3.05, 3.63) is 80.2 Å². The van der Waals surface area contributed by atoms with Crippen LogP contribution in [-0.4, -0.2) is 30.1 Å². The summed E-state index contributed by atoms with van der Waals surface area (Å²) in [5, 5.41) is 0.847. The molecule has 2 aromatic carbocycles. The van der Waals surface area contributed by atoms with E-state index in [1.807, 2.05) is 12.1 Å². The van der Waals surface area contributed by atoms with Crippen molar-refractivity contribution in [3.63, 3.8) is 0 Å². The van der Waals surface area contributed by atoms with Crippen molar-refractivity contribution in [2.45, 2.75) is 44.8 Å². The Kier molecular flexibility index (Phi) is 5.11. The number of rotatable bonds is 4. The van der Waals surface area contributed by atoms with Crippen LogP contribution in [0.2, 0.25) is 5.02 Å². The third kappa shape index (κ3) is 3.46. The number of halogens is 1. The number of hydrogen-bond acceptors (Lipinski definition) is 4. The van der Waals surface area contributed by atoms with Crippen molar-refractivity contribution in [1.82, 2.24) is 4.90 Å². The van der Waals surface area contributed by atoms with Crippen LogP contribution in [0.1, 0.15) is 65.9 Å². The predicted octanol–water partition coefficient (Wildman–Crippen LogP) is 5.29. The van der Waals surface area contributed by atoms with Gasteiger partial charge >= 0.3 is 0 Å². The summed E-state index contributed by atoms with van der Waals surface area (Å²) >= 11 is 6.14. The van der Waals surface area contributed by atoms with Crippen molar-refractivity contribution >= 4 is 28.5 Å². The molecule has 3 heterocycles. The average molecular weight is 438 g/mol. The van der Waals surface area contributed by atoms with Crippen LogP contribution in [0.5, 0.6) is 0 Å². The molecular formula is C25H24ClNO4. The zero-order valence-corrected chi connectivity index (χ0v) is 18.3. The quantitative estimate of drug-likeness (QED) is 0.556. The molecule has 0 bridgehead atoms. The fourth-order valence-corrected chi connectivity index (χ4v) is 4.77. The molecule has 31 heavy (non-hydrogen) atoms. The molecule has 3 aromatic rings. The summed E-state index contributed by atoms with van der Waals surface area (Å²) in [5.41, 5.74) is 2.64. The molecule has 0 saturated carbocycles. The second kappa shape index (κ2) is 7.81. The van der Waals surface area contributed by atoms with Gasteiger partial charge in [-0.2, -0.15) is 0 Å². The Labute approximate surface area is 185 Å². The van der Waals surface area contributed by atoms with E-state index in [4.69, 9.17) is 20.8 Å². The standard InChI is InChI=1S/C25H24ClNO4/c1-14(2)15-5-7-16(8-6-15)22-21-23(28)19-12-17(26)9-10-20(19)31-24(21)25(29)27(22)13-18-4-3-11-30-18/h5-10,12,14,18,22H,3-4,11,13H2,1-2H3. The smallest absolute Gasteiger partial charge is 0.291 e. The van der Waals surface area contributed by atoms with Crippen molar-refractivity contribution in [2.75, 3.05) is 13.2 Å². The molecule has 2 unspecified atom stereocenters. The van der Waals surface area contributed by atoms with Gasteiger partial charge in [0.15, 0.2) is 5.43 Å². The van der Waals surface area contributed by atoms with Gasteiger partial charge in [-0.05, 0) is 48.1 Å². The maximum Gasteiger partial charge on any atom is 0.291 e. The minimum atomic E-state index is -0.507. The first-order chi connectivity index (χ1) is 14.9. The van der Waals surface area contributed by atoms with Crippen molar-refractivity contribution in [3.8, 4) is 0 Å². The SMILES string of the molecule is CC(C)c1ccc(C2c3c(oc4ccc(Cl)cc4c3=O)C(=O)N2CC2CCCO2)cc1. The fraction of sp³-hybridized carbons (Fsp3) is 0.360. The maximum atomic E-state index is 13.5. The maximum absolute atomic E-state index is 13.5. The normalized spacial score (nSPS) is 20.8. The van der Waals surface area contributed by atoms with E-state index in [9.17, 15) is 9.59 Å². The molecule has 0 aliphatic carbocycles. The molecule has 1 aromatic heterocycles.